The summed E-state index contributed by atoms with van der Waals surface area (Å²) in [5.74, 6) is 0.172. The first-order chi connectivity index (χ1) is 6.22. The molecule has 0 aliphatic carbocycles. The molecule has 0 aliphatic heterocycles. The maximum absolute atomic E-state index is 8.71. The summed E-state index contributed by atoms with van der Waals surface area (Å²) in [5.41, 5.74) is 6.11. The van der Waals surface area contributed by atoms with E-state index in [1.807, 2.05) is 12.1 Å². The van der Waals surface area contributed by atoms with Gasteiger partial charge in [-0.1, -0.05) is 0 Å². The Hall–Kier alpha value is -1.72. The van der Waals surface area contributed by atoms with E-state index < -0.39 is 0 Å². The van der Waals surface area contributed by atoms with Crippen molar-refractivity contribution in [1.82, 2.24) is 4.98 Å². The van der Waals surface area contributed by atoms with E-state index >= 15 is 0 Å². The summed E-state index contributed by atoms with van der Waals surface area (Å²) in [4.78, 5) is 3.93. The molecule has 64 valence electrons. The molecule has 0 aliphatic rings. The van der Waals surface area contributed by atoms with E-state index in [0.717, 1.165) is 0 Å². The fourth-order valence-electron chi connectivity index (χ4n) is 0.835. The van der Waals surface area contributed by atoms with Gasteiger partial charge in [0, 0.05) is 0 Å². The van der Waals surface area contributed by atoms with Crippen LogP contribution in [0.1, 0.15) is 11.1 Å². The van der Waals surface area contributed by atoms with E-state index in [2.05, 4.69) is 4.98 Å². The quantitative estimate of drug-likeness (QED) is 0.671. The topological polar surface area (TPSA) is 86.5 Å². The zero-order valence-electron chi connectivity index (χ0n) is 6.90. The van der Waals surface area contributed by atoms with Crippen molar-refractivity contribution < 1.29 is 0 Å². The third kappa shape index (κ3) is 1.71. The van der Waals surface area contributed by atoms with Gasteiger partial charge in [-0.3, -0.25) is 0 Å². The Labute approximate surface area is 80.0 Å². The molecular weight excluding hydrogens is 184 g/mol. The maximum atomic E-state index is 8.71. The molecule has 0 bridgehead atoms. The highest BCUT2D eigenvalue weighted by Gasteiger charge is 2.07. The molecule has 1 aromatic rings. The van der Waals surface area contributed by atoms with E-state index in [4.69, 9.17) is 16.3 Å². The van der Waals surface area contributed by atoms with E-state index in [1.54, 1.807) is 6.26 Å². The Balaban J connectivity index is 3.39. The number of anilines is 1. The number of nitrogen functional groups attached to an aromatic ring is 1. The third-order valence-electron chi connectivity index (χ3n) is 1.45. The first-order valence-electron chi connectivity index (χ1n) is 3.37. The lowest BCUT2D eigenvalue weighted by Crippen LogP contribution is -1.98. The number of thioether (sulfide) groups is 1. The van der Waals surface area contributed by atoms with Gasteiger partial charge in [0.15, 0.2) is 0 Å². The molecule has 0 unspecified atom stereocenters. The van der Waals surface area contributed by atoms with Crippen LogP contribution in [0.15, 0.2) is 11.1 Å². The molecule has 2 N–H and O–H groups in total. The third-order valence-corrected chi connectivity index (χ3v) is 2.15. The molecule has 0 saturated carbocycles. The van der Waals surface area contributed by atoms with Gasteiger partial charge >= 0.3 is 0 Å². The van der Waals surface area contributed by atoms with E-state index in [1.165, 1.54) is 17.8 Å². The molecule has 1 aromatic heterocycles. The van der Waals surface area contributed by atoms with Crippen LogP contribution in [0, 0.1) is 22.7 Å². The average molecular weight is 190 g/mol. The summed E-state index contributed by atoms with van der Waals surface area (Å²) < 4.78 is 0. The number of aromatic nitrogens is 1. The van der Waals surface area contributed by atoms with Crippen LogP contribution in [-0.4, -0.2) is 11.2 Å². The lowest BCUT2D eigenvalue weighted by atomic mass is 10.2. The van der Waals surface area contributed by atoms with Crippen molar-refractivity contribution >= 4 is 17.6 Å². The number of pyridine rings is 1. The smallest absolute Gasteiger partial charge is 0.142 e. The highest BCUT2D eigenvalue weighted by Crippen LogP contribution is 2.21. The van der Waals surface area contributed by atoms with Crippen LogP contribution in [0.2, 0.25) is 0 Å². The zero-order chi connectivity index (χ0) is 9.84. The molecule has 1 rings (SSSR count). The van der Waals surface area contributed by atoms with Crippen LogP contribution in [0.3, 0.4) is 0 Å². The minimum absolute atomic E-state index is 0.172. The lowest BCUT2D eigenvalue weighted by Gasteiger charge is -2.01. The second-order valence-electron chi connectivity index (χ2n) is 2.20. The fraction of sp³-hybridized carbons (Fsp3) is 0.125. The van der Waals surface area contributed by atoms with Crippen LogP contribution in [-0.2, 0) is 0 Å². The minimum Gasteiger partial charge on any atom is -0.383 e. The Kier molecular flexibility index (Phi) is 2.73. The minimum atomic E-state index is 0.172. The van der Waals surface area contributed by atoms with Gasteiger partial charge in [0.25, 0.3) is 0 Å². The van der Waals surface area contributed by atoms with Gasteiger partial charge in [-0.05, 0) is 12.3 Å². The van der Waals surface area contributed by atoms with Crippen LogP contribution >= 0.6 is 11.8 Å². The Morgan fingerprint density at radius 2 is 2.00 bits per heavy atom. The van der Waals surface area contributed by atoms with Crippen molar-refractivity contribution in [3.05, 3.63) is 17.2 Å². The van der Waals surface area contributed by atoms with E-state index in [0.29, 0.717) is 10.6 Å². The molecule has 0 spiro atoms. The SMILES string of the molecule is CSc1nc(N)c(C#N)cc1C#N. The van der Waals surface area contributed by atoms with Gasteiger partial charge in [-0.2, -0.15) is 10.5 Å². The molecule has 0 radical (unpaired) electrons. The number of nitrogens with two attached hydrogens (primary N) is 1. The van der Waals surface area contributed by atoms with Crippen LogP contribution in [0.4, 0.5) is 5.82 Å². The number of nitriles is 2. The van der Waals surface area contributed by atoms with Crippen molar-refractivity contribution in [3.8, 4) is 12.1 Å². The first kappa shape index (κ1) is 9.37. The number of hydrogen-bond acceptors (Lipinski definition) is 5. The van der Waals surface area contributed by atoms with Gasteiger partial charge in [0.1, 0.15) is 23.0 Å². The number of hydrogen-bond donors (Lipinski definition) is 1. The van der Waals surface area contributed by atoms with Gasteiger partial charge in [-0.15, -0.1) is 11.8 Å². The summed E-state index contributed by atoms with van der Waals surface area (Å²) in [6, 6.07) is 5.28. The maximum Gasteiger partial charge on any atom is 0.142 e. The van der Waals surface area contributed by atoms with Crippen molar-refractivity contribution in [2.45, 2.75) is 5.03 Å². The fourth-order valence-corrected chi connectivity index (χ4v) is 1.35. The highest BCUT2D eigenvalue weighted by atomic mass is 32.2. The van der Waals surface area contributed by atoms with Crippen molar-refractivity contribution in [3.63, 3.8) is 0 Å². The van der Waals surface area contributed by atoms with Crippen LogP contribution < -0.4 is 5.73 Å². The standard InChI is InChI=1S/C8H6N4S/c1-13-8-6(4-10)2-5(3-9)7(11)12-8/h2H,1H3,(H2,11,12). The Morgan fingerprint density at radius 3 is 2.46 bits per heavy atom. The molecule has 0 fully saturated rings. The summed E-state index contributed by atoms with van der Waals surface area (Å²) >= 11 is 1.33. The molecule has 1 heterocycles. The molecule has 5 heteroatoms. The summed E-state index contributed by atoms with van der Waals surface area (Å²) in [5, 5.41) is 17.9. The average Bonchev–Trinajstić information content (AvgIpc) is 2.17. The summed E-state index contributed by atoms with van der Waals surface area (Å²) in [6.07, 6.45) is 1.80. The van der Waals surface area contributed by atoms with Crippen LogP contribution in [0.5, 0.6) is 0 Å². The number of rotatable bonds is 1. The van der Waals surface area contributed by atoms with Crippen molar-refractivity contribution in [2.24, 2.45) is 0 Å². The highest BCUT2D eigenvalue weighted by molar-refractivity contribution is 7.98. The lowest BCUT2D eigenvalue weighted by molar-refractivity contribution is 1.12. The summed E-state index contributed by atoms with van der Waals surface area (Å²) in [6.45, 7) is 0. The van der Waals surface area contributed by atoms with Gasteiger partial charge in [0.2, 0.25) is 0 Å². The predicted octanol–water partition coefficient (Wildman–Crippen LogP) is 1.13. The molecule has 0 amide bonds. The van der Waals surface area contributed by atoms with Gasteiger partial charge < -0.3 is 5.73 Å². The van der Waals surface area contributed by atoms with E-state index in [9.17, 15) is 0 Å². The predicted molar refractivity (Wildman–Crippen MR) is 49.9 cm³/mol. The van der Waals surface area contributed by atoms with Crippen LogP contribution in [0.25, 0.3) is 0 Å². The zero-order valence-corrected chi connectivity index (χ0v) is 7.72. The molecule has 4 nitrogen and oxygen atoms in total. The Bertz CT molecular complexity index is 413. The molecular formula is C8H6N4S. The van der Waals surface area contributed by atoms with Gasteiger partial charge in [-0.25, -0.2) is 4.98 Å². The Morgan fingerprint density at radius 1 is 1.38 bits per heavy atom. The molecule has 13 heavy (non-hydrogen) atoms. The van der Waals surface area contributed by atoms with Crippen molar-refractivity contribution in [1.29, 1.82) is 10.5 Å². The second-order valence-corrected chi connectivity index (χ2v) is 3.00. The molecule has 0 aromatic carbocycles. The normalized spacial score (nSPS) is 8.85. The molecule has 0 saturated heterocycles. The number of nitrogens with zero attached hydrogens (tertiary/aromatic N) is 3. The van der Waals surface area contributed by atoms with Crippen molar-refractivity contribution in [2.75, 3.05) is 12.0 Å². The van der Waals surface area contributed by atoms with Gasteiger partial charge in [0.05, 0.1) is 11.1 Å². The monoisotopic (exact) mass is 190 g/mol. The first-order valence-corrected chi connectivity index (χ1v) is 4.60. The summed E-state index contributed by atoms with van der Waals surface area (Å²) in [7, 11) is 0. The largest absolute Gasteiger partial charge is 0.383 e. The second kappa shape index (κ2) is 3.79. The molecule has 0 atom stereocenters. The van der Waals surface area contributed by atoms with E-state index in [-0.39, 0.29) is 11.4 Å².